The monoisotopic (exact) mass is 541 g/mol. The van der Waals surface area contributed by atoms with Crippen LogP contribution in [0.2, 0.25) is 15.1 Å². The van der Waals surface area contributed by atoms with Gasteiger partial charge in [0.15, 0.2) is 0 Å². The zero-order chi connectivity index (χ0) is 25.5. The van der Waals surface area contributed by atoms with Crippen LogP contribution in [0.4, 0.5) is 17.6 Å². The predicted molar refractivity (Wildman–Crippen MR) is 125 cm³/mol. The van der Waals surface area contributed by atoms with E-state index in [0.29, 0.717) is 6.08 Å². The Balaban J connectivity index is 1.85. The van der Waals surface area contributed by atoms with Crippen molar-refractivity contribution in [3.05, 3.63) is 116 Å². The summed E-state index contributed by atoms with van der Waals surface area (Å²) in [6.45, 7) is 0. The van der Waals surface area contributed by atoms with Crippen LogP contribution in [-0.2, 0) is 0 Å². The van der Waals surface area contributed by atoms with Gasteiger partial charge in [0.25, 0.3) is 11.8 Å². The Morgan fingerprint density at radius 1 is 0.771 bits per heavy atom. The minimum Gasteiger partial charge on any atom is -0.269 e. The van der Waals surface area contributed by atoms with Gasteiger partial charge in [0, 0.05) is 15.6 Å². The highest BCUT2D eigenvalue weighted by atomic mass is 35.5. The molecule has 1 heterocycles. The van der Waals surface area contributed by atoms with Crippen LogP contribution in [0.3, 0.4) is 0 Å². The van der Waals surface area contributed by atoms with E-state index < -0.39 is 46.4 Å². The fraction of sp³-hybridized carbons (Fsp3) is 0.120. The molecule has 35 heavy (non-hydrogen) atoms. The second-order valence-electron chi connectivity index (χ2n) is 7.69. The van der Waals surface area contributed by atoms with E-state index in [1.165, 1.54) is 24.3 Å². The van der Waals surface area contributed by atoms with Crippen molar-refractivity contribution < 1.29 is 27.2 Å². The molecule has 0 radical (unpaired) electrons. The third-order valence-corrected chi connectivity index (χ3v) is 6.36. The van der Waals surface area contributed by atoms with Crippen molar-refractivity contribution in [3.63, 3.8) is 0 Å². The molecule has 0 fully saturated rings. The number of fused-ring (bicyclic) bond motifs is 1. The molecule has 0 N–H and O–H groups in total. The van der Waals surface area contributed by atoms with Gasteiger partial charge in [-0.15, -0.1) is 0 Å². The van der Waals surface area contributed by atoms with Gasteiger partial charge in [-0.05, 0) is 35.9 Å². The topological polar surface area (TPSA) is 37.4 Å². The number of amides is 2. The Kier molecular flexibility index (Phi) is 6.95. The normalized spacial score (nSPS) is 15.6. The molecule has 2 amide bonds. The summed E-state index contributed by atoms with van der Waals surface area (Å²) < 4.78 is 56.8. The zero-order valence-electron chi connectivity index (χ0n) is 17.5. The molecule has 4 rings (SSSR count). The Hall–Kier alpha value is -2.87. The van der Waals surface area contributed by atoms with Gasteiger partial charge in [-0.3, -0.25) is 14.5 Å². The van der Waals surface area contributed by atoms with E-state index in [0.717, 1.165) is 23.1 Å². The molecule has 3 nitrogen and oxygen atoms in total. The molecule has 180 valence electrons. The highest BCUT2D eigenvalue weighted by Gasteiger charge is 2.43. The lowest BCUT2D eigenvalue weighted by Gasteiger charge is -2.26. The van der Waals surface area contributed by atoms with Gasteiger partial charge >= 0.3 is 6.18 Å². The molecule has 0 aliphatic carbocycles. The standard InChI is InChI=1S/C25H14Cl3F4NO2/c26-13-11-17(22(29)20(28)12-13)18(25(30,31)32)9-10-21(16-7-3-4-8-19(16)27)33-23(34)14-5-1-2-6-15(14)24(33)35/h1-12,18,21H/b10-9+. The minimum absolute atomic E-state index is 0.114. The molecule has 10 heteroatoms. The summed E-state index contributed by atoms with van der Waals surface area (Å²) >= 11 is 17.8. The van der Waals surface area contributed by atoms with E-state index in [-0.39, 0.29) is 26.7 Å². The summed E-state index contributed by atoms with van der Waals surface area (Å²) in [5.74, 6) is -5.14. The van der Waals surface area contributed by atoms with Gasteiger partial charge in [0.2, 0.25) is 0 Å². The SMILES string of the molecule is O=C1c2ccccc2C(=O)N1C(/C=C/C(c1cc(Cl)cc(Cl)c1F)C(F)(F)F)c1ccccc1Cl. The van der Waals surface area contributed by atoms with E-state index in [4.69, 9.17) is 34.8 Å². The average Bonchev–Trinajstić information content (AvgIpc) is 3.04. The van der Waals surface area contributed by atoms with Crippen molar-refractivity contribution in [3.8, 4) is 0 Å². The number of alkyl halides is 3. The number of hydrogen-bond acceptors (Lipinski definition) is 2. The molecule has 2 unspecified atom stereocenters. The Morgan fingerprint density at radius 2 is 1.34 bits per heavy atom. The summed E-state index contributed by atoms with van der Waals surface area (Å²) in [5.41, 5.74) is -0.358. The highest BCUT2D eigenvalue weighted by Crippen LogP contribution is 2.42. The summed E-state index contributed by atoms with van der Waals surface area (Å²) in [6, 6.07) is 12.7. The van der Waals surface area contributed by atoms with Crippen LogP contribution in [0.1, 0.15) is 43.8 Å². The lowest BCUT2D eigenvalue weighted by Crippen LogP contribution is -2.33. The number of carbonyl (C=O) groups is 2. The average molecular weight is 543 g/mol. The highest BCUT2D eigenvalue weighted by molar-refractivity contribution is 6.34. The Labute approximate surface area is 212 Å². The van der Waals surface area contributed by atoms with Crippen molar-refractivity contribution in [2.45, 2.75) is 18.1 Å². The van der Waals surface area contributed by atoms with E-state index in [1.807, 2.05) is 0 Å². The lowest BCUT2D eigenvalue weighted by molar-refractivity contribution is -0.140. The largest absolute Gasteiger partial charge is 0.399 e. The molecular formula is C25H14Cl3F4NO2. The van der Waals surface area contributed by atoms with Gasteiger partial charge in [-0.25, -0.2) is 4.39 Å². The summed E-state index contributed by atoms with van der Waals surface area (Å²) in [7, 11) is 0. The van der Waals surface area contributed by atoms with E-state index in [2.05, 4.69) is 0 Å². The number of imide groups is 1. The molecule has 1 aliphatic rings. The molecule has 1 aliphatic heterocycles. The number of carbonyl (C=O) groups excluding carboxylic acids is 2. The van der Waals surface area contributed by atoms with Crippen LogP contribution in [-0.4, -0.2) is 22.9 Å². The fourth-order valence-corrected chi connectivity index (χ4v) is 4.67. The van der Waals surface area contributed by atoms with Gasteiger partial charge in [-0.1, -0.05) is 77.3 Å². The van der Waals surface area contributed by atoms with Crippen LogP contribution in [0, 0.1) is 5.82 Å². The van der Waals surface area contributed by atoms with Gasteiger partial charge < -0.3 is 0 Å². The first-order chi connectivity index (χ1) is 16.5. The number of hydrogen-bond donors (Lipinski definition) is 0. The van der Waals surface area contributed by atoms with Crippen LogP contribution in [0.15, 0.2) is 72.8 Å². The van der Waals surface area contributed by atoms with E-state index >= 15 is 0 Å². The first-order valence-electron chi connectivity index (χ1n) is 10.1. The van der Waals surface area contributed by atoms with Crippen molar-refractivity contribution in [1.29, 1.82) is 0 Å². The van der Waals surface area contributed by atoms with Crippen molar-refractivity contribution in [2.75, 3.05) is 0 Å². The summed E-state index contributed by atoms with van der Waals surface area (Å²) in [4.78, 5) is 27.0. The summed E-state index contributed by atoms with van der Waals surface area (Å²) in [5, 5.41) is -0.630. The van der Waals surface area contributed by atoms with Crippen LogP contribution in [0.5, 0.6) is 0 Å². The molecular weight excluding hydrogens is 529 g/mol. The predicted octanol–water partition coefficient (Wildman–Crippen LogP) is 8.03. The summed E-state index contributed by atoms with van der Waals surface area (Å²) in [6.07, 6.45) is -3.27. The van der Waals surface area contributed by atoms with E-state index in [1.54, 1.807) is 24.3 Å². The minimum atomic E-state index is -4.95. The zero-order valence-corrected chi connectivity index (χ0v) is 19.8. The molecule has 3 aromatic rings. The van der Waals surface area contributed by atoms with Gasteiger partial charge in [0.05, 0.1) is 22.2 Å². The lowest BCUT2D eigenvalue weighted by atomic mass is 9.95. The Morgan fingerprint density at radius 3 is 1.91 bits per heavy atom. The molecule has 0 aromatic heterocycles. The molecule has 0 spiro atoms. The maximum Gasteiger partial charge on any atom is 0.399 e. The van der Waals surface area contributed by atoms with Crippen LogP contribution in [0.25, 0.3) is 0 Å². The number of nitrogens with zero attached hydrogens (tertiary/aromatic N) is 1. The number of halogens is 7. The first kappa shape index (κ1) is 25.2. The maximum atomic E-state index is 14.6. The quantitative estimate of drug-likeness (QED) is 0.142. The second-order valence-corrected chi connectivity index (χ2v) is 8.94. The number of allylic oxidation sites excluding steroid dienone is 1. The first-order valence-corrected chi connectivity index (χ1v) is 11.2. The van der Waals surface area contributed by atoms with Gasteiger partial charge in [0.1, 0.15) is 11.7 Å². The molecule has 2 atom stereocenters. The van der Waals surface area contributed by atoms with Crippen LogP contribution >= 0.6 is 34.8 Å². The molecule has 0 saturated heterocycles. The molecule has 0 bridgehead atoms. The second kappa shape index (κ2) is 9.64. The Bertz CT molecular complexity index is 1320. The molecule has 3 aromatic carbocycles. The van der Waals surface area contributed by atoms with Crippen molar-refractivity contribution in [1.82, 2.24) is 4.90 Å². The van der Waals surface area contributed by atoms with Crippen LogP contribution < -0.4 is 0 Å². The smallest absolute Gasteiger partial charge is 0.269 e. The molecule has 0 saturated carbocycles. The maximum absolute atomic E-state index is 14.6. The fourth-order valence-electron chi connectivity index (χ4n) is 3.91. The van der Waals surface area contributed by atoms with Crippen molar-refractivity contribution >= 4 is 46.6 Å². The van der Waals surface area contributed by atoms with Gasteiger partial charge in [-0.2, -0.15) is 13.2 Å². The van der Waals surface area contributed by atoms with Crippen molar-refractivity contribution in [2.24, 2.45) is 0 Å². The number of rotatable bonds is 5. The third-order valence-electron chi connectivity index (χ3n) is 5.52. The van der Waals surface area contributed by atoms with E-state index in [9.17, 15) is 27.2 Å². The number of benzene rings is 3. The third kappa shape index (κ3) is 4.81.